The second-order valence-electron chi connectivity index (χ2n) is 5.93. The predicted octanol–water partition coefficient (Wildman–Crippen LogP) is 3.09. The Hall–Kier alpha value is -2.51. The number of hydrogen-bond donors (Lipinski definition) is 1. The summed E-state index contributed by atoms with van der Waals surface area (Å²) in [6, 6.07) is 14.8. The highest BCUT2D eigenvalue weighted by Crippen LogP contribution is 2.23. The van der Waals surface area contributed by atoms with E-state index >= 15 is 0 Å². The van der Waals surface area contributed by atoms with Crippen LogP contribution in [0.5, 0.6) is 5.75 Å². The highest BCUT2D eigenvalue weighted by molar-refractivity contribution is 8.00. The molecule has 0 radical (unpaired) electrons. The van der Waals surface area contributed by atoms with Crippen molar-refractivity contribution in [3.63, 3.8) is 0 Å². The highest BCUT2D eigenvalue weighted by Gasteiger charge is 2.14. The molecular formula is C21H25NO5S. The lowest BCUT2D eigenvalue weighted by atomic mass is 10.2. The van der Waals surface area contributed by atoms with E-state index in [0.717, 1.165) is 11.3 Å². The van der Waals surface area contributed by atoms with Crippen LogP contribution in [0.3, 0.4) is 0 Å². The normalized spacial score (nSPS) is 10.4. The number of carbonyl (C=O) groups excluding carboxylic acids is 2. The Balaban J connectivity index is 1.80. The maximum atomic E-state index is 12.4. The van der Waals surface area contributed by atoms with Crippen molar-refractivity contribution in [3.8, 4) is 5.75 Å². The molecule has 0 saturated carbocycles. The van der Waals surface area contributed by atoms with Gasteiger partial charge in [-0.15, -0.1) is 11.8 Å². The van der Waals surface area contributed by atoms with Crippen LogP contribution >= 0.6 is 11.8 Å². The summed E-state index contributed by atoms with van der Waals surface area (Å²) in [5.74, 6) is 0.406. The summed E-state index contributed by atoms with van der Waals surface area (Å²) in [4.78, 5) is 24.9. The molecule has 0 saturated heterocycles. The van der Waals surface area contributed by atoms with Crippen molar-refractivity contribution in [2.24, 2.45) is 0 Å². The molecule has 7 heteroatoms. The third-order valence-corrected chi connectivity index (χ3v) is 4.74. The Bertz CT molecular complexity index is 781. The molecule has 0 unspecified atom stereocenters. The lowest BCUT2D eigenvalue weighted by Gasteiger charge is -2.10. The number of carbonyl (C=O) groups is 2. The Morgan fingerprint density at radius 3 is 2.64 bits per heavy atom. The van der Waals surface area contributed by atoms with Gasteiger partial charge < -0.3 is 19.5 Å². The number of hydrogen-bond acceptors (Lipinski definition) is 6. The summed E-state index contributed by atoms with van der Waals surface area (Å²) in [6.45, 7) is 3.32. The first-order valence-electron chi connectivity index (χ1n) is 8.94. The number of esters is 1. The van der Waals surface area contributed by atoms with Crippen LogP contribution in [-0.2, 0) is 14.3 Å². The van der Waals surface area contributed by atoms with Crippen LogP contribution in [0.25, 0.3) is 0 Å². The topological polar surface area (TPSA) is 73.9 Å². The molecule has 0 aliphatic rings. The van der Waals surface area contributed by atoms with Gasteiger partial charge in [0.05, 0.1) is 17.9 Å². The molecule has 0 spiro atoms. The summed E-state index contributed by atoms with van der Waals surface area (Å²) in [6.07, 6.45) is 0. The van der Waals surface area contributed by atoms with Crippen LogP contribution in [-0.4, -0.2) is 51.1 Å². The van der Waals surface area contributed by atoms with Gasteiger partial charge in [-0.2, -0.15) is 0 Å². The molecule has 0 fully saturated rings. The van der Waals surface area contributed by atoms with Gasteiger partial charge in [0.15, 0.2) is 0 Å². The van der Waals surface area contributed by atoms with Crippen molar-refractivity contribution in [1.29, 1.82) is 0 Å². The second kappa shape index (κ2) is 12.0. The zero-order chi connectivity index (χ0) is 20.2. The number of nitrogens with one attached hydrogen (secondary N) is 1. The molecular weight excluding hydrogens is 378 g/mol. The fourth-order valence-electron chi connectivity index (χ4n) is 2.32. The van der Waals surface area contributed by atoms with Gasteiger partial charge in [0, 0.05) is 18.6 Å². The van der Waals surface area contributed by atoms with Crippen molar-refractivity contribution >= 4 is 23.6 Å². The number of thioether (sulfide) groups is 1. The van der Waals surface area contributed by atoms with Crippen molar-refractivity contribution in [1.82, 2.24) is 5.32 Å². The maximum absolute atomic E-state index is 12.4. The van der Waals surface area contributed by atoms with Crippen LogP contribution in [0.2, 0.25) is 0 Å². The average Bonchev–Trinajstić information content (AvgIpc) is 2.70. The van der Waals surface area contributed by atoms with Crippen LogP contribution < -0.4 is 10.1 Å². The largest absolute Gasteiger partial charge is 0.490 e. The van der Waals surface area contributed by atoms with E-state index < -0.39 is 5.97 Å². The number of rotatable bonds is 11. The molecule has 0 atom stereocenters. The van der Waals surface area contributed by atoms with Gasteiger partial charge in [-0.05, 0) is 36.8 Å². The Labute approximate surface area is 169 Å². The minimum Gasteiger partial charge on any atom is -0.490 e. The molecule has 150 valence electrons. The van der Waals surface area contributed by atoms with E-state index in [1.54, 1.807) is 25.3 Å². The van der Waals surface area contributed by atoms with E-state index in [2.05, 4.69) is 5.32 Å². The van der Waals surface area contributed by atoms with E-state index in [4.69, 9.17) is 14.2 Å². The number of aryl methyl sites for hydroxylation is 1. The molecule has 2 aromatic rings. The summed E-state index contributed by atoms with van der Waals surface area (Å²) in [5.41, 5.74) is 1.54. The predicted molar refractivity (Wildman–Crippen MR) is 109 cm³/mol. The van der Waals surface area contributed by atoms with E-state index in [1.165, 1.54) is 11.8 Å². The quantitative estimate of drug-likeness (QED) is 0.353. The highest BCUT2D eigenvalue weighted by atomic mass is 32.2. The maximum Gasteiger partial charge on any atom is 0.339 e. The molecule has 6 nitrogen and oxygen atoms in total. The molecule has 0 heterocycles. The Morgan fingerprint density at radius 1 is 1.04 bits per heavy atom. The number of methoxy groups -OCH3 is 1. The summed E-state index contributed by atoms with van der Waals surface area (Å²) in [7, 11) is 1.58. The van der Waals surface area contributed by atoms with Crippen molar-refractivity contribution < 1.29 is 23.8 Å². The number of benzene rings is 2. The zero-order valence-corrected chi connectivity index (χ0v) is 16.9. The molecule has 0 aliphatic carbocycles. The third-order valence-electron chi connectivity index (χ3n) is 3.67. The molecule has 1 N–H and O–H groups in total. The lowest BCUT2D eigenvalue weighted by Crippen LogP contribution is -2.28. The van der Waals surface area contributed by atoms with Gasteiger partial charge >= 0.3 is 5.97 Å². The van der Waals surface area contributed by atoms with Gasteiger partial charge in [0.25, 0.3) is 0 Å². The van der Waals surface area contributed by atoms with E-state index in [0.29, 0.717) is 23.6 Å². The zero-order valence-electron chi connectivity index (χ0n) is 16.1. The SMILES string of the molecule is COCCNC(=O)CSc1ccccc1C(=O)OCCOc1cccc(C)c1. The fraction of sp³-hybridized carbons (Fsp3) is 0.333. The van der Waals surface area contributed by atoms with E-state index in [9.17, 15) is 9.59 Å². The molecule has 0 aliphatic heterocycles. The first-order valence-corrected chi connectivity index (χ1v) is 9.92. The van der Waals surface area contributed by atoms with E-state index in [1.807, 2.05) is 37.3 Å². The van der Waals surface area contributed by atoms with E-state index in [-0.39, 0.29) is 24.9 Å². The first-order chi connectivity index (χ1) is 13.6. The molecule has 28 heavy (non-hydrogen) atoms. The molecule has 1 amide bonds. The van der Waals surface area contributed by atoms with Crippen LogP contribution in [0.4, 0.5) is 0 Å². The van der Waals surface area contributed by atoms with Crippen molar-refractivity contribution in [2.75, 3.05) is 39.2 Å². The van der Waals surface area contributed by atoms with Gasteiger partial charge in [-0.25, -0.2) is 4.79 Å². The van der Waals surface area contributed by atoms with Gasteiger partial charge in [-0.3, -0.25) is 4.79 Å². The van der Waals surface area contributed by atoms with Crippen LogP contribution in [0, 0.1) is 6.92 Å². The summed E-state index contributed by atoms with van der Waals surface area (Å²) in [5, 5.41) is 2.75. The van der Waals surface area contributed by atoms with Crippen molar-refractivity contribution in [2.45, 2.75) is 11.8 Å². The minimum absolute atomic E-state index is 0.114. The standard InChI is InChI=1S/C21H25NO5S/c1-16-6-5-7-17(14-16)26-12-13-27-21(24)18-8-3-4-9-19(18)28-15-20(23)22-10-11-25-2/h3-9,14H,10-13,15H2,1-2H3,(H,22,23). The Morgan fingerprint density at radius 2 is 1.86 bits per heavy atom. The molecule has 0 bridgehead atoms. The average molecular weight is 404 g/mol. The second-order valence-corrected chi connectivity index (χ2v) is 6.95. The first kappa shape index (κ1) is 21.8. The Kier molecular flexibility index (Phi) is 9.37. The van der Waals surface area contributed by atoms with Crippen LogP contribution in [0.15, 0.2) is 53.4 Å². The molecule has 0 aromatic heterocycles. The van der Waals surface area contributed by atoms with Gasteiger partial charge in [0.1, 0.15) is 19.0 Å². The monoisotopic (exact) mass is 403 g/mol. The van der Waals surface area contributed by atoms with Gasteiger partial charge in [0.2, 0.25) is 5.91 Å². The summed E-state index contributed by atoms with van der Waals surface area (Å²) >= 11 is 1.29. The van der Waals surface area contributed by atoms with Crippen LogP contribution in [0.1, 0.15) is 15.9 Å². The summed E-state index contributed by atoms with van der Waals surface area (Å²) < 4.78 is 15.8. The molecule has 2 aromatic carbocycles. The smallest absolute Gasteiger partial charge is 0.339 e. The molecule has 2 rings (SSSR count). The third kappa shape index (κ3) is 7.62. The number of amides is 1. The van der Waals surface area contributed by atoms with Gasteiger partial charge in [-0.1, -0.05) is 24.3 Å². The lowest BCUT2D eigenvalue weighted by molar-refractivity contribution is -0.118. The van der Waals surface area contributed by atoms with Crippen molar-refractivity contribution in [3.05, 3.63) is 59.7 Å². The number of ether oxygens (including phenoxy) is 3. The fourth-order valence-corrected chi connectivity index (χ4v) is 3.20. The minimum atomic E-state index is -0.435.